The summed E-state index contributed by atoms with van der Waals surface area (Å²) in [7, 11) is 0. The number of hydrogen-bond donors (Lipinski definition) is 1. The summed E-state index contributed by atoms with van der Waals surface area (Å²) in [6, 6.07) is 0. The molecule has 6 nitrogen and oxygen atoms in total. The third-order valence-electron chi connectivity index (χ3n) is 3.08. The second-order valence-electron chi connectivity index (χ2n) is 4.87. The number of thioether (sulfide) groups is 2. The van der Waals surface area contributed by atoms with E-state index < -0.39 is 5.97 Å². The highest BCUT2D eigenvalue weighted by atomic mass is 32.2. The van der Waals surface area contributed by atoms with Crippen molar-refractivity contribution in [2.45, 2.75) is 20.8 Å². The lowest BCUT2D eigenvalue weighted by Gasteiger charge is -2.07. The number of Topliss-reactive ketones (excluding diaryl/α,β-unsaturated/α-hetero) is 1. The second kappa shape index (κ2) is 8.68. The second-order valence-corrected chi connectivity index (χ2v) is 8.20. The number of anilines is 1. The fraction of sp³-hybridized carbons (Fsp3) is 0.467. The molecule has 0 aromatic carbocycles. The SMILES string of the molecule is CCOC(=O)c1c(NC(=O)CSC2=NCCS2)sc(C(C)=O)c1C. The lowest BCUT2D eigenvalue weighted by molar-refractivity contribution is -0.113. The Morgan fingerprint density at radius 1 is 1.38 bits per heavy atom. The van der Waals surface area contributed by atoms with Gasteiger partial charge in [-0.15, -0.1) is 11.3 Å². The molecule has 130 valence electrons. The van der Waals surface area contributed by atoms with E-state index in [0.29, 0.717) is 15.4 Å². The van der Waals surface area contributed by atoms with Gasteiger partial charge in [0.1, 0.15) is 9.38 Å². The fourth-order valence-corrected chi connectivity index (χ4v) is 4.99. The molecule has 0 atom stereocenters. The maximum atomic E-state index is 12.2. The molecular formula is C15H18N2O4S3. The molecule has 0 saturated carbocycles. The van der Waals surface area contributed by atoms with Crippen LogP contribution in [0, 0.1) is 6.92 Å². The third kappa shape index (κ3) is 4.61. The molecule has 1 aliphatic heterocycles. The predicted octanol–water partition coefficient (Wildman–Crippen LogP) is 3.21. The van der Waals surface area contributed by atoms with Crippen LogP contribution in [-0.4, -0.2) is 46.7 Å². The van der Waals surface area contributed by atoms with Gasteiger partial charge in [0.05, 0.1) is 29.3 Å². The smallest absolute Gasteiger partial charge is 0.341 e. The van der Waals surface area contributed by atoms with Gasteiger partial charge in [-0.05, 0) is 26.3 Å². The first-order valence-corrected chi connectivity index (χ1v) is 10.1. The van der Waals surface area contributed by atoms with Gasteiger partial charge >= 0.3 is 5.97 Å². The van der Waals surface area contributed by atoms with E-state index >= 15 is 0 Å². The molecule has 0 radical (unpaired) electrons. The summed E-state index contributed by atoms with van der Waals surface area (Å²) in [5.41, 5.74) is 0.808. The van der Waals surface area contributed by atoms with Crippen LogP contribution in [0.25, 0.3) is 0 Å². The summed E-state index contributed by atoms with van der Waals surface area (Å²) in [6.45, 7) is 5.84. The van der Waals surface area contributed by atoms with E-state index in [1.165, 1.54) is 18.7 Å². The summed E-state index contributed by atoms with van der Waals surface area (Å²) in [5.74, 6) is 0.243. The highest BCUT2D eigenvalue weighted by molar-refractivity contribution is 8.39. The Morgan fingerprint density at radius 3 is 2.71 bits per heavy atom. The summed E-state index contributed by atoms with van der Waals surface area (Å²) in [6.07, 6.45) is 0. The van der Waals surface area contributed by atoms with Crippen LogP contribution in [0.5, 0.6) is 0 Å². The lowest BCUT2D eigenvalue weighted by atomic mass is 10.1. The molecule has 1 amide bonds. The van der Waals surface area contributed by atoms with E-state index in [1.54, 1.807) is 25.6 Å². The minimum atomic E-state index is -0.530. The van der Waals surface area contributed by atoms with Gasteiger partial charge in [-0.25, -0.2) is 4.79 Å². The van der Waals surface area contributed by atoms with Gasteiger partial charge in [0.25, 0.3) is 0 Å². The molecule has 9 heteroatoms. The quantitative estimate of drug-likeness (QED) is 0.597. The van der Waals surface area contributed by atoms with Crippen LogP contribution in [0.2, 0.25) is 0 Å². The topological polar surface area (TPSA) is 84.8 Å². The van der Waals surface area contributed by atoms with Crippen molar-refractivity contribution < 1.29 is 19.1 Å². The first-order chi connectivity index (χ1) is 11.4. The molecule has 24 heavy (non-hydrogen) atoms. The van der Waals surface area contributed by atoms with E-state index in [9.17, 15) is 14.4 Å². The van der Waals surface area contributed by atoms with E-state index in [4.69, 9.17) is 4.74 Å². The minimum absolute atomic E-state index is 0.144. The molecule has 1 N–H and O–H groups in total. The Kier molecular flexibility index (Phi) is 6.88. The van der Waals surface area contributed by atoms with Gasteiger partial charge in [-0.1, -0.05) is 23.5 Å². The van der Waals surface area contributed by atoms with E-state index in [1.807, 2.05) is 0 Å². The molecule has 0 saturated heterocycles. The molecule has 1 aromatic heterocycles. The normalized spacial score (nSPS) is 13.5. The number of thiophene rings is 1. The lowest BCUT2D eigenvalue weighted by Crippen LogP contribution is -2.17. The molecule has 0 fully saturated rings. The molecule has 0 bridgehead atoms. The third-order valence-corrected chi connectivity index (χ3v) is 6.64. The summed E-state index contributed by atoms with van der Waals surface area (Å²) < 4.78 is 5.95. The van der Waals surface area contributed by atoms with Crippen molar-refractivity contribution in [2.24, 2.45) is 4.99 Å². The molecule has 0 unspecified atom stereocenters. The summed E-state index contributed by atoms with van der Waals surface area (Å²) in [5, 5.41) is 3.10. The minimum Gasteiger partial charge on any atom is -0.462 e. The Balaban J connectivity index is 2.15. The predicted molar refractivity (Wildman–Crippen MR) is 101 cm³/mol. The Morgan fingerprint density at radius 2 is 2.12 bits per heavy atom. The van der Waals surface area contributed by atoms with Gasteiger partial charge in [-0.2, -0.15) is 0 Å². The van der Waals surface area contributed by atoms with Crippen LogP contribution in [0.1, 0.15) is 39.4 Å². The summed E-state index contributed by atoms with van der Waals surface area (Å²) >= 11 is 4.12. The number of esters is 1. The monoisotopic (exact) mass is 386 g/mol. The molecule has 0 spiro atoms. The van der Waals surface area contributed by atoms with Gasteiger partial charge < -0.3 is 10.1 Å². The number of nitrogens with zero attached hydrogens (tertiary/aromatic N) is 1. The van der Waals surface area contributed by atoms with E-state index in [0.717, 1.165) is 28.0 Å². The van der Waals surface area contributed by atoms with Crippen molar-refractivity contribution >= 4 is 61.9 Å². The van der Waals surface area contributed by atoms with Crippen LogP contribution >= 0.6 is 34.9 Å². The molecule has 2 heterocycles. The van der Waals surface area contributed by atoms with Crippen molar-refractivity contribution in [2.75, 3.05) is 30.0 Å². The number of aliphatic imine (C=N–C) groups is 1. The zero-order valence-electron chi connectivity index (χ0n) is 13.6. The molecular weight excluding hydrogens is 368 g/mol. The van der Waals surface area contributed by atoms with Crippen molar-refractivity contribution in [3.8, 4) is 0 Å². The number of carbonyl (C=O) groups excluding carboxylic acids is 3. The van der Waals surface area contributed by atoms with Gasteiger partial charge in [0, 0.05) is 5.75 Å². The van der Waals surface area contributed by atoms with Crippen molar-refractivity contribution in [1.82, 2.24) is 0 Å². The van der Waals surface area contributed by atoms with Crippen molar-refractivity contribution in [1.29, 1.82) is 0 Å². The van der Waals surface area contributed by atoms with Crippen LogP contribution < -0.4 is 5.32 Å². The summed E-state index contributed by atoms with van der Waals surface area (Å²) in [4.78, 5) is 40.8. The number of ether oxygens (including phenoxy) is 1. The standard InChI is InChI=1S/C15H18N2O4S3/c1-4-21-14(20)11-8(2)12(9(3)18)24-13(11)17-10(19)7-23-15-16-5-6-22-15/h4-7H2,1-3H3,(H,17,19). The highest BCUT2D eigenvalue weighted by Crippen LogP contribution is 2.34. The Labute approximate surface area is 152 Å². The number of carbonyl (C=O) groups is 3. The van der Waals surface area contributed by atoms with Gasteiger partial charge in [0.15, 0.2) is 5.78 Å². The van der Waals surface area contributed by atoms with Crippen molar-refractivity contribution in [3.63, 3.8) is 0 Å². The molecule has 1 aliphatic rings. The van der Waals surface area contributed by atoms with Crippen LogP contribution in [0.3, 0.4) is 0 Å². The van der Waals surface area contributed by atoms with E-state index in [-0.39, 0.29) is 29.6 Å². The largest absolute Gasteiger partial charge is 0.462 e. The Bertz CT molecular complexity index is 697. The Hall–Kier alpha value is -1.32. The highest BCUT2D eigenvalue weighted by Gasteiger charge is 2.25. The number of nitrogens with one attached hydrogen (secondary N) is 1. The number of hydrogen-bond acceptors (Lipinski definition) is 8. The average molecular weight is 387 g/mol. The molecule has 2 rings (SSSR count). The zero-order valence-corrected chi connectivity index (χ0v) is 16.1. The average Bonchev–Trinajstić information content (AvgIpc) is 3.13. The number of rotatable bonds is 6. The maximum Gasteiger partial charge on any atom is 0.341 e. The number of amides is 1. The molecule has 0 aliphatic carbocycles. The van der Waals surface area contributed by atoms with Crippen LogP contribution in [0.15, 0.2) is 4.99 Å². The maximum absolute atomic E-state index is 12.2. The molecule has 1 aromatic rings. The number of ketones is 1. The fourth-order valence-electron chi connectivity index (χ4n) is 2.08. The van der Waals surface area contributed by atoms with Crippen LogP contribution in [-0.2, 0) is 9.53 Å². The van der Waals surface area contributed by atoms with Gasteiger partial charge in [-0.3, -0.25) is 14.6 Å². The van der Waals surface area contributed by atoms with Crippen LogP contribution in [0.4, 0.5) is 5.00 Å². The first kappa shape index (κ1) is 19.0. The van der Waals surface area contributed by atoms with Gasteiger partial charge in [0.2, 0.25) is 5.91 Å². The zero-order chi connectivity index (χ0) is 17.7. The van der Waals surface area contributed by atoms with E-state index in [2.05, 4.69) is 10.3 Å². The van der Waals surface area contributed by atoms with Crippen molar-refractivity contribution in [3.05, 3.63) is 16.0 Å². The first-order valence-electron chi connectivity index (χ1n) is 7.35.